The normalized spacial score (nSPS) is 19.6. The highest BCUT2D eigenvalue weighted by atomic mass is 16.6. The van der Waals surface area contributed by atoms with Crippen molar-refractivity contribution in [1.82, 2.24) is 4.98 Å². The van der Waals surface area contributed by atoms with E-state index in [1.165, 1.54) is 12.1 Å². The van der Waals surface area contributed by atoms with Crippen LogP contribution < -0.4 is 4.90 Å². The molecule has 0 unspecified atom stereocenters. The number of nitrogens with zero attached hydrogens (tertiary/aromatic N) is 3. The Hall–Kier alpha value is -1.69. The lowest BCUT2D eigenvalue weighted by Crippen LogP contribution is -2.23. The molecule has 2 heterocycles. The van der Waals surface area contributed by atoms with Crippen molar-refractivity contribution in [3.05, 3.63) is 27.9 Å². The zero-order valence-electron chi connectivity index (χ0n) is 9.92. The Balaban J connectivity index is 2.24. The Morgan fingerprint density at radius 1 is 1.59 bits per heavy atom. The van der Waals surface area contributed by atoms with Crippen LogP contribution in [-0.2, 0) is 4.74 Å². The van der Waals surface area contributed by atoms with Crippen molar-refractivity contribution in [2.45, 2.75) is 19.4 Å². The van der Waals surface area contributed by atoms with Gasteiger partial charge in [-0.05, 0) is 13.3 Å². The summed E-state index contributed by atoms with van der Waals surface area (Å²) in [6.45, 7) is 3.33. The van der Waals surface area contributed by atoms with Crippen molar-refractivity contribution < 1.29 is 9.66 Å². The SMILES string of the molecule is CO[C@H]1CCN(c2cc([N+](=O)[O-])cc(C)n2)C1. The third-order valence-corrected chi connectivity index (χ3v) is 2.94. The number of methoxy groups -OCH3 is 1. The Morgan fingerprint density at radius 3 is 2.94 bits per heavy atom. The molecule has 0 aromatic carbocycles. The van der Waals surface area contributed by atoms with Crippen LogP contribution >= 0.6 is 0 Å². The first-order chi connectivity index (χ1) is 8.10. The van der Waals surface area contributed by atoms with Crippen molar-refractivity contribution in [1.29, 1.82) is 0 Å². The predicted molar refractivity (Wildman–Crippen MR) is 63.3 cm³/mol. The predicted octanol–water partition coefficient (Wildman–Crippen LogP) is 1.52. The summed E-state index contributed by atoms with van der Waals surface area (Å²) in [4.78, 5) is 16.7. The monoisotopic (exact) mass is 237 g/mol. The van der Waals surface area contributed by atoms with Crippen molar-refractivity contribution in [2.75, 3.05) is 25.1 Å². The van der Waals surface area contributed by atoms with Gasteiger partial charge >= 0.3 is 0 Å². The van der Waals surface area contributed by atoms with Gasteiger partial charge < -0.3 is 9.64 Å². The topological polar surface area (TPSA) is 68.5 Å². The zero-order valence-corrected chi connectivity index (χ0v) is 9.92. The van der Waals surface area contributed by atoms with Gasteiger partial charge in [-0.15, -0.1) is 0 Å². The van der Waals surface area contributed by atoms with Gasteiger partial charge in [0.25, 0.3) is 5.69 Å². The molecule has 6 nitrogen and oxygen atoms in total. The molecule has 1 fully saturated rings. The fourth-order valence-corrected chi connectivity index (χ4v) is 2.03. The first kappa shape index (κ1) is 11.8. The van der Waals surface area contributed by atoms with Crippen molar-refractivity contribution in [2.24, 2.45) is 0 Å². The summed E-state index contributed by atoms with van der Waals surface area (Å²) < 4.78 is 5.27. The van der Waals surface area contributed by atoms with Gasteiger partial charge in [-0.3, -0.25) is 10.1 Å². The molecule has 1 aromatic rings. The molecule has 1 aliphatic rings. The summed E-state index contributed by atoms with van der Waals surface area (Å²) in [6, 6.07) is 3.00. The highest BCUT2D eigenvalue weighted by Crippen LogP contribution is 2.24. The average Bonchev–Trinajstić information content (AvgIpc) is 2.76. The Bertz CT molecular complexity index is 436. The number of aryl methyl sites for hydroxylation is 1. The van der Waals surface area contributed by atoms with E-state index in [-0.39, 0.29) is 16.7 Å². The van der Waals surface area contributed by atoms with E-state index in [4.69, 9.17) is 4.74 Å². The number of ether oxygens (including phenoxy) is 1. The van der Waals surface area contributed by atoms with Crippen LogP contribution in [0.3, 0.4) is 0 Å². The molecule has 1 aliphatic heterocycles. The van der Waals surface area contributed by atoms with Crippen LogP contribution in [0.15, 0.2) is 12.1 Å². The van der Waals surface area contributed by atoms with Gasteiger partial charge in [0.2, 0.25) is 0 Å². The van der Waals surface area contributed by atoms with Gasteiger partial charge in [0, 0.05) is 32.0 Å². The maximum atomic E-state index is 10.8. The molecule has 0 spiro atoms. The molecule has 1 atom stereocenters. The van der Waals surface area contributed by atoms with Crippen LogP contribution in [0, 0.1) is 17.0 Å². The second-order valence-corrected chi connectivity index (χ2v) is 4.17. The zero-order chi connectivity index (χ0) is 12.4. The van der Waals surface area contributed by atoms with E-state index in [1.54, 1.807) is 14.0 Å². The lowest BCUT2D eigenvalue weighted by Gasteiger charge is -2.17. The van der Waals surface area contributed by atoms with Crippen LogP contribution in [0.2, 0.25) is 0 Å². The highest BCUT2D eigenvalue weighted by molar-refractivity contribution is 5.49. The van der Waals surface area contributed by atoms with Gasteiger partial charge in [-0.2, -0.15) is 0 Å². The molecule has 0 amide bonds. The molecular weight excluding hydrogens is 222 g/mol. The quantitative estimate of drug-likeness (QED) is 0.589. The number of hydrogen-bond donors (Lipinski definition) is 0. The van der Waals surface area contributed by atoms with E-state index < -0.39 is 0 Å². The minimum atomic E-state index is -0.387. The molecule has 0 saturated carbocycles. The molecule has 2 rings (SSSR count). The molecule has 17 heavy (non-hydrogen) atoms. The van der Waals surface area contributed by atoms with Crippen molar-refractivity contribution >= 4 is 11.5 Å². The second-order valence-electron chi connectivity index (χ2n) is 4.17. The van der Waals surface area contributed by atoms with E-state index in [2.05, 4.69) is 4.98 Å². The smallest absolute Gasteiger partial charge is 0.274 e. The van der Waals surface area contributed by atoms with Crippen LogP contribution in [0.25, 0.3) is 0 Å². The Labute approximate surface area is 99.4 Å². The van der Waals surface area contributed by atoms with E-state index in [1.807, 2.05) is 4.90 Å². The molecular formula is C11H15N3O3. The minimum absolute atomic E-state index is 0.0911. The number of rotatable bonds is 3. The van der Waals surface area contributed by atoms with Crippen LogP contribution in [0.5, 0.6) is 0 Å². The third kappa shape index (κ3) is 2.52. The number of hydrogen-bond acceptors (Lipinski definition) is 5. The number of pyridine rings is 1. The van der Waals surface area contributed by atoms with Gasteiger partial charge in [0.15, 0.2) is 0 Å². The summed E-state index contributed by atoms with van der Waals surface area (Å²) in [6.07, 6.45) is 1.12. The number of anilines is 1. The summed E-state index contributed by atoms with van der Waals surface area (Å²) in [7, 11) is 1.68. The van der Waals surface area contributed by atoms with Gasteiger partial charge in [-0.25, -0.2) is 4.98 Å². The van der Waals surface area contributed by atoms with Gasteiger partial charge in [0.05, 0.1) is 17.1 Å². The fourth-order valence-electron chi connectivity index (χ4n) is 2.03. The molecule has 0 aliphatic carbocycles. The largest absolute Gasteiger partial charge is 0.380 e. The van der Waals surface area contributed by atoms with Gasteiger partial charge in [0.1, 0.15) is 5.82 Å². The van der Waals surface area contributed by atoms with Gasteiger partial charge in [-0.1, -0.05) is 0 Å². The maximum Gasteiger partial charge on any atom is 0.274 e. The first-order valence-electron chi connectivity index (χ1n) is 5.51. The lowest BCUT2D eigenvalue weighted by molar-refractivity contribution is -0.384. The van der Waals surface area contributed by atoms with Crippen molar-refractivity contribution in [3.8, 4) is 0 Å². The standard InChI is InChI=1S/C11H15N3O3/c1-8-5-9(14(15)16)6-11(12-8)13-4-3-10(7-13)17-2/h5-6,10H,3-4,7H2,1-2H3/t10-/m0/s1. The highest BCUT2D eigenvalue weighted by Gasteiger charge is 2.24. The molecule has 0 N–H and O–H groups in total. The summed E-state index contributed by atoms with van der Waals surface area (Å²) in [5.41, 5.74) is 0.753. The van der Waals surface area contributed by atoms with E-state index in [0.717, 1.165) is 19.5 Å². The van der Waals surface area contributed by atoms with E-state index in [0.29, 0.717) is 11.5 Å². The Kier molecular flexibility index (Phi) is 3.23. The molecule has 0 radical (unpaired) electrons. The second kappa shape index (κ2) is 4.67. The van der Waals surface area contributed by atoms with Crippen LogP contribution in [-0.4, -0.2) is 36.2 Å². The minimum Gasteiger partial charge on any atom is -0.380 e. The Morgan fingerprint density at radius 2 is 2.35 bits per heavy atom. The van der Waals surface area contributed by atoms with Crippen molar-refractivity contribution in [3.63, 3.8) is 0 Å². The number of nitro groups is 1. The van der Waals surface area contributed by atoms with E-state index >= 15 is 0 Å². The molecule has 1 aromatic heterocycles. The fraction of sp³-hybridized carbons (Fsp3) is 0.545. The maximum absolute atomic E-state index is 10.8. The molecule has 6 heteroatoms. The lowest BCUT2D eigenvalue weighted by atomic mass is 10.3. The molecule has 1 saturated heterocycles. The third-order valence-electron chi connectivity index (χ3n) is 2.94. The summed E-state index contributed by atoms with van der Waals surface area (Å²) in [5.74, 6) is 0.663. The summed E-state index contributed by atoms with van der Waals surface area (Å²) >= 11 is 0. The van der Waals surface area contributed by atoms with E-state index in [9.17, 15) is 10.1 Å². The summed E-state index contributed by atoms with van der Waals surface area (Å²) in [5, 5.41) is 10.8. The number of aromatic nitrogens is 1. The van der Waals surface area contributed by atoms with Crippen LogP contribution in [0.1, 0.15) is 12.1 Å². The first-order valence-corrected chi connectivity index (χ1v) is 5.51. The molecule has 92 valence electrons. The molecule has 0 bridgehead atoms. The van der Waals surface area contributed by atoms with Crippen LogP contribution in [0.4, 0.5) is 11.5 Å². The average molecular weight is 237 g/mol.